The molecule has 2 N–H and O–H groups in total. The molecule has 0 saturated heterocycles. The van der Waals surface area contributed by atoms with Crippen molar-refractivity contribution in [3.63, 3.8) is 0 Å². The van der Waals surface area contributed by atoms with E-state index in [2.05, 4.69) is 10.6 Å². The molecular formula is C23H20N2O7S. The van der Waals surface area contributed by atoms with Crippen LogP contribution in [0.1, 0.15) is 45.9 Å². The number of thiophene rings is 1. The predicted octanol–water partition coefficient (Wildman–Crippen LogP) is 4.43. The standard InChI is InChI=1S/C23H20N2O7S/c26-19(24-14-5-6-15-17(12-14)32-23(31-15)9-1-2-10-23)13-30-22(28)18-7-8-20(33-18)25-21(27)16-4-3-11-29-16/h3-8,11-12H,1-2,9-10,13H2,(H,24,26)(H,25,27). The molecule has 1 aliphatic heterocycles. The summed E-state index contributed by atoms with van der Waals surface area (Å²) in [4.78, 5) is 36.8. The highest BCUT2D eigenvalue weighted by atomic mass is 32.1. The Morgan fingerprint density at radius 3 is 2.61 bits per heavy atom. The molecule has 170 valence electrons. The molecule has 1 fully saturated rings. The Morgan fingerprint density at radius 2 is 1.82 bits per heavy atom. The number of amides is 2. The van der Waals surface area contributed by atoms with Crippen LogP contribution in [0.3, 0.4) is 0 Å². The van der Waals surface area contributed by atoms with Gasteiger partial charge in [-0.05, 0) is 49.2 Å². The number of furan rings is 1. The van der Waals surface area contributed by atoms with Crippen LogP contribution >= 0.6 is 11.3 Å². The quantitative estimate of drug-likeness (QED) is 0.514. The molecule has 10 heteroatoms. The number of rotatable bonds is 6. The molecule has 33 heavy (non-hydrogen) atoms. The Balaban J connectivity index is 1.12. The SMILES string of the molecule is O=C(COC(=O)c1ccc(NC(=O)c2ccco2)s1)Nc1ccc2c(c1)OC1(CCCC1)O2. The lowest BCUT2D eigenvalue weighted by atomic mass is 10.2. The number of esters is 1. The van der Waals surface area contributed by atoms with Crippen LogP contribution in [0.15, 0.2) is 53.1 Å². The van der Waals surface area contributed by atoms with Crippen molar-refractivity contribution < 1.29 is 33.0 Å². The van der Waals surface area contributed by atoms with Gasteiger partial charge in [-0.15, -0.1) is 11.3 Å². The largest absolute Gasteiger partial charge is 0.459 e. The number of hydrogen-bond donors (Lipinski definition) is 2. The van der Waals surface area contributed by atoms with Crippen LogP contribution in [0, 0.1) is 0 Å². The van der Waals surface area contributed by atoms with Gasteiger partial charge in [-0.1, -0.05) is 0 Å². The molecule has 9 nitrogen and oxygen atoms in total. The van der Waals surface area contributed by atoms with Crippen LogP contribution in [0.4, 0.5) is 10.7 Å². The molecule has 1 aliphatic carbocycles. The van der Waals surface area contributed by atoms with E-state index >= 15 is 0 Å². The number of benzene rings is 1. The highest BCUT2D eigenvalue weighted by Crippen LogP contribution is 2.47. The summed E-state index contributed by atoms with van der Waals surface area (Å²) in [6.07, 6.45) is 5.20. The maximum atomic E-state index is 12.3. The molecule has 3 heterocycles. The number of carbonyl (C=O) groups excluding carboxylic acids is 3. The number of ether oxygens (including phenoxy) is 3. The van der Waals surface area contributed by atoms with Gasteiger partial charge in [0.15, 0.2) is 23.9 Å². The third kappa shape index (κ3) is 4.56. The predicted molar refractivity (Wildman–Crippen MR) is 119 cm³/mol. The average Bonchev–Trinajstić information content (AvgIpc) is 3.59. The van der Waals surface area contributed by atoms with Crippen LogP contribution in [0.25, 0.3) is 0 Å². The fourth-order valence-corrected chi connectivity index (χ4v) is 4.58. The summed E-state index contributed by atoms with van der Waals surface area (Å²) in [5.74, 6) is -0.737. The van der Waals surface area contributed by atoms with Gasteiger partial charge in [-0.2, -0.15) is 0 Å². The van der Waals surface area contributed by atoms with Gasteiger partial charge in [-0.25, -0.2) is 4.79 Å². The van der Waals surface area contributed by atoms with Crippen molar-refractivity contribution in [3.8, 4) is 11.5 Å². The van der Waals surface area contributed by atoms with Crippen molar-refractivity contribution >= 4 is 39.8 Å². The van der Waals surface area contributed by atoms with Crippen molar-refractivity contribution in [2.75, 3.05) is 17.2 Å². The topological polar surface area (TPSA) is 116 Å². The first kappa shape index (κ1) is 21.1. The van der Waals surface area contributed by atoms with Crippen molar-refractivity contribution in [2.45, 2.75) is 31.5 Å². The van der Waals surface area contributed by atoms with Crippen molar-refractivity contribution in [3.05, 3.63) is 59.4 Å². The van der Waals surface area contributed by atoms with Crippen LogP contribution in [-0.2, 0) is 9.53 Å². The monoisotopic (exact) mass is 468 g/mol. The second kappa shape index (κ2) is 8.62. The fraction of sp³-hybridized carbons (Fsp3) is 0.261. The van der Waals surface area contributed by atoms with Gasteiger partial charge in [0.1, 0.15) is 4.88 Å². The van der Waals surface area contributed by atoms with Gasteiger partial charge in [0.25, 0.3) is 17.6 Å². The smallest absolute Gasteiger partial charge is 0.348 e. The lowest BCUT2D eigenvalue weighted by Crippen LogP contribution is -2.34. The van der Waals surface area contributed by atoms with E-state index in [9.17, 15) is 14.4 Å². The van der Waals surface area contributed by atoms with Gasteiger partial charge in [0.05, 0.1) is 11.3 Å². The van der Waals surface area contributed by atoms with E-state index in [1.165, 1.54) is 18.4 Å². The second-order valence-corrected chi connectivity index (χ2v) is 8.79. The second-order valence-electron chi connectivity index (χ2n) is 7.70. The zero-order valence-electron chi connectivity index (χ0n) is 17.4. The van der Waals surface area contributed by atoms with E-state index in [4.69, 9.17) is 18.6 Å². The normalized spacial score (nSPS) is 15.4. The molecule has 0 atom stereocenters. The summed E-state index contributed by atoms with van der Waals surface area (Å²) in [6, 6.07) is 11.4. The molecule has 5 rings (SSSR count). The highest BCUT2D eigenvalue weighted by Gasteiger charge is 2.44. The molecule has 3 aromatic rings. The van der Waals surface area contributed by atoms with Gasteiger partial charge in [0.2, 0.25) is 0 Å². The number of carbonyl (C=O) groups is 3. The minimum atomic E-state index is -0.664. The molecule has 0 bridgehead atoms. The molecule has 1 saturated carbocycles. The van der Waals surface area contributed by atoms with Crippen molar-refractivity contribution in [2.24, 2.45) is 0 Å². The van der Waals surface area contributed by atoms with E-state index in [1.54, 1.807) is 30.3 Å². The molecule has 0 unspecified atom stereocenters. The van der Waals surface area contributed by atoms with Gasteiger partial charge >= 0.3 is 5.97 Å². The van der Waals surface area contributed by atoms with E-state index in [0.29, 0.717) is 22.2 Å². The van der Waals surface area contributed by atoms with Crippen LogP contribution in [-0.4, -0.2) is 30.2 Å². The lowest BCUT2D eigenvalue weighted by Gasteiger charge is -2.21. The molecule has 1 aromatic carbocycles. The maximum absolute atomic E-state index is 12.3. The van der Waals surface area contributed by atoms with Gasteiger partial charge in [0, 0.05) is 24.6 Å². The number of anilines is 2. The summed E-state index contributed by atoms with van der Waals surface area (Å²) < 4.78 is 22.1. The highest BCUT2D eigenvalue weighted by molar-refractivity contribution is 7.18. The lowest BCUT2D eigenvalue weighted by molar-refractivity contribution is -0.119. The van der Waals surface area contributed by atoms with Gasteiger partial charge in [-0.3, -0.25) is 9.59 Å². The van der Waals surface area contributed by atoms with E-state index < -0.39 is 30.2 Å². The Bertz CT molecular complexity index is 1200. The Hall–Kier alpha value is -3.79. The van der Waals surface area contributed by atoms with E-state index in [0.717, 1.165) is 37.0 Å². The number of nitrogens with one attached hydrogen (secondary N) is 2. The maximum Gasteiger partial charge on any atom is 0.348 e. The van der Waals surface area contributed by atoms with E-state index in [-0.39, 0.29) is 10.6 Å². The molecule has 1 spiro atoms. The summed E-state index contributed by atoms with van der Waals surface area (Å²) in [5.41, 5.74) is 0.521. The summed E-state index contributed by atoms with van der Waals surface area (Å²) in [6.45, 7) is -0.455. The molecule has 2 aliphatic rings. The molecule has 2 aromatic heterocycles. The summed E-state index contributed by atoms with van der Waals surface area (Å²) in [5, 5.41) is 5.77. The van der Waals surface area contributed by atoms with Crippen LogP contribution in [0.5, 0.6) is 11.5 Å². The Morgan fingerprint density at radius 1 is 1.00 bits per heavy atom. The third-order valence-electron chi connectivity index (χ3n) is 5.31. The summed E-state index contributed by atoms with van der Waals surface area (Å²) >= 11 is 1.03. The minimum Gasteiger partial charge on any atom is -0.459 e. The van der Waals surface area contributed by atoms with Crippen molar-refractivity contribution in [1.29, 1.82) is 0 Å². The molecule has 0 radical (unpaired) electrons. The molecular weight excluding hydrogens is 448 g/mol. The molecule has 2 amide bonds. The zero-order chi connectivity index (χ0) is 22.8. The number of hydrogen-bond acceptors (Lipinski definition) is 8. The first-order valence-corrected chi connectivity index (χ1v) is 11.3. The van der Waals surface area contributed by atoms with Crippen molar-refractivity contribution in [1.82, 2.24) is 0 Å². The zero-order valence-corrected chi connectivity index (χ0v) is 18.2. The number of fused-ring (bicyclic) bond motifs is 1. The van der Waals surface area contributed by atoms with E-state index in [1.807, 2.05) is 0 Å². The third-order valence-corrected chi connectivity index (χ3v) is 6.29. The fourth-order valence-electron chi connectivity index (χ4n) is 3.78. The Labute approximate surface area is 192 Å². The van der Waals surface area contributed by atoms with Crippen LogP contribution in [0.2, 0.25) is 0 Å². The minimum absolute atomic E-state index is 0.158. The van der Waals surface area contributed by atoms with Gasteiger partial charge < -0.3 is 29.3 Å². The Kier molecular flexibility index (Phi) is 5.51. The summed E-state index contributed by atoms with van der Waals surface area (Å²) in [7, 11) is 0. The first-order chi connectivity index (χ1) is 16.0. The van der Waals surface area contributed by atoms with Crippen LogP contribution < -0.4 is 20.1 Å². The first-order valence-electron chi connectivity index (χ1n) is 10.4. The average molecular weight is 468 g/mol.